The van der Waals surface area contributed by atoms with Crippen molar-refractivity contribution in [2.45, 2.75) is 43.4 Å². The third-order valence-electron chi connectivity index (χ3n) is 4.22. The van der Waals surface area contributed by atoms with Gasteiger partial charge in [0, 0.05) is 30.5 Å². The van der Waals surface area contributed by atoms with E-state index in [1.54, 1.807) is 0 Å². The summed E-state index contributed by atoms with van der Waals surface area (Å²) in [5.74, 6) is -5.49. The van der Waals surface area contributed by atoms with Gasteiger partial charge in [-0.1, -0.05) is 0 Å². The highest BCUT2D eigenvalue weighted by molar-refractivity contribution is 7.80. The summed E-state index contributed by atoms with van der Waals surface area (Å²) < 4.78 is 0. The predicted molar refractivity (Wildman–Crippen MR) is 112 cm³/mol. The quantitative estimate of drug-likeness (QED) is 0.121. The second kappa shape index (κ2) is 13.3. The number of aromatic nitrogens is 2. The number of nitrogens with two attached hydrogens (primary N) is 1. The number of carbonyl (C=O) groups excluding carboxylic acids is 3. The van der Waals surface area contributed by atoms with E-state index in [4.69, 9.17) is 21.1 Å². The Bertz CT molecular complexity index is 805. The third kappa shape index (κ3) is 8.91. The monoisotopic (exact) mass is 474 g/mol. The summed E-state index contributed by atoms with van der Waals surface area (Å²) >= 11 is 4.01. The molecule has 32 heavy (non-hydrogen) atoms. The van der Waals surface area contributed by atoms with Crippen LogP contribution in [-0.2, 0) is 30.4 Å². The number of carboxylic acid groups (broad SMARTS) is 2. The molecule has 0 aliphatic carbocycles. The van der Waals surface area contributed by atoms with Crippen molar-refractivity contribution in [2.75, 3.05) is 12.4 Å². The minimum atomic E-state index is -1.65. The van der Waals surface area contributed by atoms with Crippen molar-refractivity contribution in [1.29, 1.82) is 0 Å². The SMILES string of the molecule is NC(Cc1cnc[nH]1)C(=O)NC(CS)C(=O)NC(CCC(=O)O)C(=O)NC(CO)C(=O)O. The molecule has 9 N–H and O–H groups in total. The standard InChI is InChI=1S/C17H26N6O8S/c18-9(3-8-4-19-7-20-8)14(27)23-12(6-32)16(29)21-10(1-2-13(25)26)15(28)22-11(5-24)17(30)31/h4,7,9-12,24,32H,1-3,5-6,18H2,(H,19,20)(H,21,29)(H,22,28)(H,23,27)(H,25,26)(H,30,31). The average molecular weight is 474 g/mol. The molecule has 0 radical (unpaired) electrons. The molecule has 0 fully saturated rings. The zero-order valence-electron chi connectivity index (χ0n) is 16.9. The van der Waals surface area contributed by atoms with Gasteiger partial charge in [0.25, 0.3) is 0 Å². The van der Waals surface area contributed by atoms with Crippen LogP contribution in [0.25, 0.3) is 0 Å². The van der Waals surface area contributed by atoms with Crippen molar-refractivity contribution in [3.8, 4) is 0 Å². The zero-order valence-corrected chi connectivity index (χ0v) is 17.7. The fourth-order valence-electron chi connectivity index (χ4n) is 2.47. The Labute approximate surface area is 187 Å². The molecule has 14 nitrogen and oxygen atoms in total. The van der Waals surface area contributed by atoms with Gasteiger partial charge in [-0.2, -0.15) is 12.6 Å². The van der Waals surface area contributed by atoms with Crippen molar-refractivity contribution < 1.29 is 39.3 Å². The number of hydrogen-bond donors (Lipinski definition) is 9. The maximum absolute atomic E-state index is 12.6. The molecule has 0 aromatic carbocycles. The van der Waals surface area contributed by atoms with Gasteiger partial charge in [-0.05, 0) is 6.42 Å². The normalized spacial score (nSPS) is 14.5. The number of H-pyrrole nitrogens is 1. The predicted octanol–water partition coefficient (Wildman–Crippen LogP) is -3.39. The van der Waals surface area contributed by atoms with Gasteiger partial charge in [0.15, 0.2) is 0 Å². The first-order chi connectivity index (χ1) is 15.1. The lowest BCUT2D eigenvalue weighted by Gasteiger charge is -2.24. The lowest BCUT2D eigenvalue weighted by atomic mass is 10.1. The molecule has 0 bridgehead atoms. The lowest BCUT2D eigenvalue weighted by Crippen LogP contribution is -2.58. The molecular weight excluding hydrogens is 448 g/mol. The maximum atomic E-state index is 12.6. The van der Waals surface area contributed by atoms with Gasteiger partial charge in [-0.3, -0.25) is 19.2 Å². The summed E-state index contributed by atoms with van der Waals surface area (Å²) in [5, 5.41) is 33.5. The summed E-state index contributed by atoms with van der Waals surface area (Å²) in [7, 11) is 0. The van der Waals surface area contributed by atoms with E-state index in [1.165, 1.54) is 12.5 Å². The van der Waals surface area contributed by atoms with Crippen LogP contribution in [-0.4, -0.2) is 91.5 Å². The number of carboxylic acids is 2. The van der Waals surface area contributed by atoms with Crippen LogP contribution in [0.2, 0.25) is 0 Å². The number of rotatable bonds is 14. The Morgan fingerprint density at radius 2 is 1.62 bits per heavy atom. The number of amides is 3. The van der Waals surface area contributed by atoms with Gasteiger partial charge in [0.2, 0.25) is 17.7 Å². The first-order valence-electron chi connectivity index (χ1n) is 9.39. The van der Waals surface area contributed by atoms with E-state index in [2.05, 4.69) is 33.2 Å². The highest BCUT2D eigenvalue weighted by Gasteiger charge is 2.30. The molecule has 0 spiro atoms. The largest absolute Gasteiger partial charge is 0.481 e. The topological polar surface area (TPSA) is 237 Å². The number of carbonyl (C=O) groups is 5. The summed E-state index contributed by atoms with van der Waals surface area (Å²) in [4.78, 5) is 65.7. The van der Waals surface area contributed by atoms with E-state index in [9.17, 15) is 24.0 Å². The fraction of sp³-hybridized carbons (Fsp3) is 0.529. The van der Waals surface area contributed by atoms with Crippen LogP contribution in [0.4, 0.5) is 0 Å². The smallest absolute Gasteiger partial charge is 0.328 e. The van der Waals surface area contributed by atoms with E-state index in [-0.39, 0.29) is 18.6 Å². The second-order valence-corrected chi connectivity index (χ2v) is 7.07. The number of aliphatic hydroxyl groups excluding tert-OH is 1. The molecule has 15 heteroatoms. The number of nitrogens with one attached hydrogen (secondary N) is 4. The van der Waals surface area contributed by atoms with Crippen LogP contribution in [0.3, 0.4) is 0 Å². The molecule has 0 saturated heterocycles. The van der Waals surface area contributed by atoms with Gasteiger partial charge in [0.05, 0.1) is 19.0 Å². The molecule has 1 heterocycles. The number of aliphatic carboxylic acids is 2. The molecule has 0 aliphatic rings. The number of nitrogens with zero attached hydrogens (tertiary/aromatic N) is 1. The van der Waals surface area contributed by atoms with E-state index < -0.39 is 66.9 Å². The highest BCUT2D eigenvalue weighted by atomic mass is 32.1. The Hall–Kier alpha value is -3.17. The molecule has 1 aromatic heterocycles. The van der Waals surface area contributed by atoms with Crippen molar-refractivity contribution >= 4 is 42.3 Å². The van der Waals surface area contributed by atoms with Crippen LogP contribution in [0.1, 0.15) is 18.5 Å². The van der Waals surface area contributed by atoms with Gasteiger partial charge in [-0.25, -0.2) is 9.78 Å². The maximum Gasteiger partial charge on any atom is 0.328 e. The molecule has 0 saturated carbocycles. The Morgan fingerprint density at radius 3 is 2.12 bits per heavy atom. The molecule has 178 valence electrons. The third-order valence-corrected chi connectivity index (χ3v) is 4.59. The minimum Gasteiger partial charge on any atom is -0.481 e. The van der Waals surface area contributed by atoms with Crippen LogP contribution in [0.5, 0.6) is 0 Å². The Kier molecular flexibility index (Phi) is 11.2. The zero-order chi connectivity index (χ0) is 24.3. The second-order valence-electron chi connectivity index (χ2n) is 6.71. The van der Waals surface area contributed by atoms with Crippen LogP contribution in [0.15, 0.2) is 12.5 Å². The van der Waals surface area contributed by atoms with Crippen LogP contribution in [0, 0.1) is 0 Å². The molecule has 1 aromatic rings. The van der Waals surface area contributed by atoms with Crippen molar-refractivity contribution in [2.24, 2.45) is 5.73 Å². The Morgan fingerprint density at radius 1 is 1.03 bits per heavy atom. The lowest BCUT2D eigenvalue weighted by molar-refractivity contribution is -0.144. The van der Waals surface area contributed by atoms with Gasteiger partial charge < -0.3 is 42.0 Å². The minimum absolute atomic E-state index is 0.119. The molecule has 1 rings (SSSR count). The van der Waals surface area contributed by atoms with Crippen molar-refractivity contribution in [3.63, 3.8) is 0 Å². The summed E-state index contributed by atoms with van der Waals surface area (Å²) in [5.41, 5.74) is 6.41. The van der Waals surface area contributed by atoms with E-state index >= 15 is 0 Å². The molecule has 0 aliphatic heterocycles. The first kappa shape index (κ1) is 26.9. The summed E-state index contributed by atoms with van der Waals surface area (Å²) in [6.07, 6.45) is 2.14. The first-order valence-corrected chi connectivity index (χ1v) is 10.0. The number of aliphatic hydroxyl groups is 1. The number of imidazole rings is 1. The number of hydrogen-bond acceptors (Lipinski definition) is 9. The van der Waals surface area contributed by atoms with Crippen LogP contribution < -0.4 is 21.7 Å². The molecular formula is C17H26N6O8S. The van der Waals surface area contributed by atoms with Gasteiger partial charge in [0.1, 0.15) is 18.1 Å². The highest BCUT2D eigenvalue weighted by Crippen LogP contribution is 2.02. The fourth-order valence-corrected chi connectivity index (χ4v) is 2.72. The van der Waals surface area contributed by atoms with Gasteiger partial charge >= 0.3 is 11.9 Å². The molecule has 4 atom stereocenters. The van der Waals surface area contributed by atoms with Gasteiger partial charge in [-0.15, -0.1) is 0 Å². The Balaban J connectivity index is 2.80. The van der Waals surface area contributed by atoms with Crippen molar-refractivity contribution in [1.82, 2.24) is 25.9 Å². The number of aromatic amines is 1. The van der Waals surface area contributed by atoms with E-state index in [0.717, 1.165) is 0 Å². The summed E-state index contributed by atoms with van der Waals surface area (Å²) in [6, 6.07) is -5.32. The summed E-state index contributed by atoms with van der Waals surface area (Å²) in [6.45, 7) is -0.912. The van der Waals surface area contributed by atoms with E-state index in [1.807, 2.05) is 5.32 Å². The van der Waals surface area contributed by atoms with Crippen LogP contribution >= 0.6 is 12.6 Å². The molecule has 4 unspecified atom stereocenters. The van der Waals surface area contributed by atoms with Crippen molar-refractivity contribution in [3.05, 3.63) is 18.2 Å². The molecule has 3 amide bonds. The average Bonchev–Trinajstić information content (AvgIpc) is 3.25. The number of thiol groups is 1. The van der Waals surface area contributed by atoms with E-state index in [0.29, 0.717) is 5.69 Å².